The van der Waals surface area contributed by atoms with E-state index in [1.807, 2.05) is 19.9 Å². The summed E-state index contributed by atoms with van der Waals surface area (Å²) >= 11 is 0. The molecule has 0 atom stereocenters. The largest absolute Gasteiger partial charge is 0.497 e. The van der Waals surface area contributed by atoms with Crippen LogP contribution in [0.5, 0.6) is 11.5 Å². The Morgan fingerprint density at radius 3 is 2.38 bits per heavy atom. The summed E-state index contributed by atoms with van der Waals surface area (Å²) in [4.78, 5) is 16.9. The van der Waals surface area contributed by atoms with Crippen molar-refractivity contribution in [3.63, 3.8) is 0 Å². The quantitative estimate of drug-likeness (QED) is 0.797. The fourth-order valence-corrected chi connectivity index (χ4v) is 2.47. The maximum atomic E-state index is 12.5. The molecule has 124 valence electrons. The minimum Gasteiger partial charge on any atom is -0.497 e. The van der Waals surface area contributed by atoms with Crippen molar-refractivity contribution >= 4 is 17.2 Å². The van der Waals surface area contributed by atoms with E-state index in [4.69, 9.17) is 9.47 Å². The van der Waals surface area contributed by atoms with Crippen LogP contribution >= 0.6 is 0 Å². The number of rotatable bonds is 4. The van der Waals surface area contributed by atoms with Gasteiger partial charge in [-0.3, -0.25) is 4.79 Å². The second-order valence-electron chi connectivity index (χ2n) is 5.39. The van der Waals surface area contributed by atoms with Gasteiger partial charge >= 0.3 is 0 Å². The van der Waals surface area contributed by atoms with Gasteiger partial charge < -0.3 is 14.8 Å². The van der Waals surface area contributed by atoms with E-state index in [2.05, 4.69) is 15.4 Å². The lowest BCUT2D eigenvalue weighted by atomic mass is 10.1. The average molecular weight is 326 g/mol. The molecule has 0 fully saturated rings. The van der Waals surface area contributed by atoms with Gasteiger partial charge in [-0.1, -0.05) is 0 Å². The lowest BCUT2D eigenvalue weighted by molar-refractivity contribution is 0.102. The molecule has 3 aromatic rings. The first-order valence-corrected chi connectivity index (χ1v) is 7.38. The van der Waals surface area contributed by atoms with Gasteiger partial charge in [-0.05, 0) is 37.6 Å². The van der Waals surface area contributed by atoms with Gasteiger partial charge in [0.15, 0.2) is 5.65 Å². The van der Waals surface area contributed by atoms with Crippen LogP contribution in [0.1, 0.15) is 21.7 Å². The number of nitrogens with one attached hydrogen (secondary N) is 1. The van der Waals surface area contributed by atoms with Crippen molar-refractivity contribution in [1.29, 1.82) is 0 Å². The lowest BCUT2D eigenvalue weighted by Crippen LogP contribution is -2.13. The van der Waals surface area contributed by atoms with E-state index in [9.17, 15) is 4.79 Å². The molecule has 0 bridgehead atoms. The molecule has 0 saturated heterocycles. The van der Waals surface area contributed by atoms with Gasteiger partial charge in [0.05, 0.1) is 26.1 Å². The SMILES string of the molecule is COc1cc(OC)cc(C(=O)Nc2cc(C)c3nc(C)nn3c2)c1. The number of hydrogen-bond donors (Lipinski definition) is 1. The number of anilines is 1. The molecule has 3 rings (SSSR count). The highest BCUT2D eigenvalue weighted by molar-refractivity contribution is 6.04. The van der Waals surface area contributed by atoms with Gasteiger partial charge in [0.25, 0.3) is 5.91 Å². The van der Waals surface area contributed by atoms with E-state index in [-0.39, 0.29) is 5.91 Å². The van der Waals surface area contributed by atoms with Crippen molar-refractivity contribution in [3.8, 4) is 11.5 Å². The Hall–Kier alpha value is -3.09. The van der Waals surface area contributed by atoms with Crippen LogP contribution in [0.2, 0.25) is 0 Å². The predicted octanol–water partition coefficient (Wildman–Crippen LogP) is 2.62. The molecule has 0 radical (unpaired) electrons. The first-order valence-electron chi connectivity index (χ1n) is 7.38. The summed E-state index contributed by atoms with van der Waals surface area (Å²) in [6, 6.07) is 6.88. The molecule has 0 aliphatic heterocycles. The third kappa shape index (κ3) is 3.01. The molecular formula is C17H18N4O3. The predicted molar refractivity (Wildman–Crippen MR) is 90.0 cm³/mol. The van der Waals surface area contributed by atoms with Crippen molar-refractivity contribution in [3.05, 3.63) is 47.4 Å². The number of nitrogens with zero attached hydrogens (tertiary/aromatic N) is 3. The normalized spacial score (nSPS) is 10.7. The van der Waals surface area contributed by atoms with Gasteiger partial charge in [0.2, 0.25) is 0 Å². The van der Waals surface area contributed by atoms with Crippen LogP contribution in [0.15, 0.2) is 30.5 Å². The van der Waals surface area contributed by atoms with Gasteiger partial charge in [0.1, 0.15) is 17.3 Å². The number of carbonyl (C=O) groups is 1. The molecule has 0 saturated carbocycles. The van der Waals surface area contributed by atoms with Crippen LogP contribution in [0.3, 0.4) is 0 Å². The van der Waals surface area contributed by atoms with Crippen molar-refractivity contribution < 1.29 is 14.3 Å². The number of methoxy groups -OCH3 is 2. The molecule has 1 N–H and O–H groups in total. The number of ether oxygens (including phenoxy) is 2. The maximum absolute atomic E-state index is 12.5. The Labute approximate surface area is 139 Å². The number of aryl methyl sites for hydroxylation is 2. The maximum Gasteiger partial charge on any atom is 0.255 e. The van der Waals surface area contributed by atoms with E-state index in [1.165, 1.54) is 0 Å². The van der Waals surface area contributed by atoms with E-state index in [0.29, 0.717) is 28.6 Å². The molecule has 7 nitrogen and oxygen atoms in total. The van der Waals surface area contributed by atoms with E-state index < -0.39 is 0 Å². The van der Waals surface area contributed by atoms with E-state index in [1.54, 1.807) is 43.1 Å². The molecule has 1 aromatic carbocycles. The number of aromatic nitrogens is 3. The van der Waals surface area contributed by atoms with Crippen molar-refractivity contribution in [2.45, 2.75) is 13.8 Å². The van der Waals surface area contributed by atoms with Crippen LogP contribution in [0.4, 0.5) is 5.69 Å². The number of pyridine rings is 1. The molecule has 2 aromatic heterocycles. The Kier molecular flexibility index (Phi) is 4.07. The van der Waals surface area contributed by atoms with Crippen LogP contribution in [-0.2, 0) is 0 Å². The zero-order chi connectivity index (χ0) is 17.3. The number of hydrogen-bond acceptors (Lipinski definition) is 5. The summed E-state index contributed by atoms with van der Waals surface area (Å²) in [6.45, 7) is 3.75. The summed E-state index contributed by atoms with van der Waals surface area (Å²) in [5.41, 5.74) is 2.78. The standard InChI is InChI=1S/C17H18N4O3/c1-10-5-13(9-21-16(10)18-11(2)20-21)19-17(22)12-6-14(23-3)8-15(7-12)24-4/h5-9H,1-4H3,(H,19,22). The second-order valence-corrected chi connectivity index (χ2v) is 5.39. The molecule has 2 heterocycles. The molecule has 0 unspecified atom stereocenters. The Bertz CT molecular complexity index is 895. The van der Waals surface area contributed by atoms with Crippen molar-refractivity contribution in [2.24, 2.45) is 0 Å². The van der Waals surface area contributed by atoms with Crippen molar-refractivity contribution in [1.82, 2.24) is 14.6 Å². The summed E-state index contributed by atoms with van der Waals surface area (Å²) in [7, 11) is 3.08. The summed E-state index contributed by atoms with van der Waals surface area (Å²) < 4.78 is 12.0. The van der Waals surface area contributed by atoms with E-state index in [0.717, 1.165) is 11.2 Å². The monoisotopic (exact) mass is 326 g/mol. The Morgan fingerprint density at radius 1 is 1.08 bits per heavy atom. The molecule has 0 aliphatic rings. The van der Waals surface area contributed by atoms with Crippen LogP contribution in [0.25, 0.3) is 5.65 Å². The molecular weight excluding hydrogens is 308 g/mol. The molecule has 0 aliphatic carbocycles. The van der Waals surface area contributed by atoms with Crippen LogP contribution in [0, 0.1) is 13.8 Å². The third-order valence-electron chi connectivity index (χ3n) is 3.59. The van der Waals surface area contributed by atoms with Gasteiger partial charge in [-0.15, -0.1) is 0 Å². The zero-order valence-corrected chi connectivity index (χ0v) is 14.0. The number of fused-ring (bicyclic) bond motifs is 1. The highest BCUT2D eigenvalue weighted by Gasteiger charge is 2.12. The number of benzene rings is 1. The number of carbonyl (C=O) groups excluding carboxylic acids is 1. The smallest absolute Gasteiger partial charge is 0.255 e. The van der Waals surface area contributed by atoms with Gasteiger partial charge in [-0.25, -0.2) is 9.50 Å². The average Bonchev–Trinajstić information content (AvgIpc) is 2.95. The highest BCUT2D eigenvalue weighted by atomic mass is 16.5. The van der Waals surface area contributed by atoms with Crippen LogP contribution in [-0.4, -0.2) is 34.7 Å². The summed E-state index contributed by atoms with van der Waals surface area (Å²) in [5.74, 6) is 1.53. The minimum atomic E-state index is -0.261. The van der Waals surface area contributed by atoms with Crippen LogP contribution < -0.4 is 14.8 Å². The summed E-state index contributed by atoms with van der Waals surface area (Å²) in [5, 5.41) is 7.15. The fourth-order valence-electron chi connectivity index (χ4n) is 2.47. The lowest BCUT2D eigenvalue weighted by Gasteiger charge is -2.10. The topological polar surface area (TPSA) is 77.8 Å². The Balaban J connectivity index is 1.92. The minimum absolute atomic E-state index is 0.261. The van der Waals surface area contributed by atoms with E-state index >= 15 is 0 Å². The van der Waals surface area contributed by atoms with Crippen molar-refractivity contribution in [2.75, 3.05) is 19.5 Å². The molecule has 1 amide bonds. The highest BCUT2D eigenvalue weighted by Crippen LogP contribution is 2.23. The number of amides is 1. The fraction of sp³-hybridized carbons (Fsp3) is 0.235. The Morgan fingerprint density at radius 2 is 1.75 bits per heavy atom. The summed E-state index contributed by atoms with van der Waals surface area (Å²) in [6.07, 6.45) is 1.73. The molecule has 0 spiro atoms. The third-order valence-corrected chi connectivity index (χ3v) is 3.59. The first-order chi connectivity index (χ1) is 11.5. The molecule has 24 heavy (non-hydrogen) atoms. The zero-order valence-electron chi connectivity index (χ0n) is 14.0. The first kappa shape index (κ1) is 15.8. The second kappa shape index (κ2) is 6.19. The van der Waals surface area contributed by atoms with Gasteiger partial charge in [0, 0.05) is 11.6 Å². The molecule has 7 heteroatoms. The van der Waals surface area contributed by atoms with Gasteiger partial charge in [-0.2, -0.15) is 5.10 Å².